The number of rotatable bonds is 6. The zero-order chi connectivity index (χ0) is 19.9. The van der Waals surface area contributed by atoms with Gasteiger partial charge in [0, 0.05) is 19.0 Å². The number of ether oxygens (including phenoxy) is 1. The van der Waals surface area contributed by atoms with Crippen LogP contribution in [0.15, 0.2) is 54.6 Å². The number of nitrogens with one attached hydrogen (secondary N) is 1. The smallest absolute Gasteiger partial charge is 0.249 e. The maximum atomic E-state index is 13.9. The van der Waals surface area contributed by atoms with Gasteiger partial charge in [0.05, 0.1) is 13.2 Å². The number of halogens is 1. The molecule has 0 saturated carbocycles. The molecule has 2 aromatic carbocycles. The molecule has 1 N–H and O–H groups in total. The standard InChI is InChI=1S/C22H25FN2O3/c1-16(15-18-9-5-6-10-19(18)23)21(26)24-20(17-7-3-2-4-8-17)22(27)25-11-13-28-14-12-25/h2-10,16,20H,11-15H2,1H3,(H,24,26)/t16?,20-/m1/s1. The van der Waals surface area contributed by atoms with E-state index in [2.05, 4.69) is 5.32 Å². The fraction of sp³-hybridized carbons (Fsp3) is 0.364. The maximum Gasteiger partial charge on any atom is 0.249 e. The molecule has 0 radical (unpaired) electrons. The largest absolute Gasteiger partial charge is 0.378 e. The SMILES string of the molecule is CC(Cc1ccccc1F)C(=O)N[C@@H](C(=O)N1CCOCC1)c1ccccc1. The molecule has 0 aromatic heterocycles. The van der Waals surface area contributed by atoms with E-state index in [1.165, 1.54) is 6.07 Å². The Morgan fingerprint density at radius 2 is 1.71 bits per heavy atom. The highest BCUT2D eigenvalue weighted by Crippen LogP contribution is 2.19. The summed E-state index contributed by atoms with van der Waals surface area (Å²) >= 11 is 0. The van der Waals surface area contributed by atoms with Crippen molar-refractivity contribution in [1.29, 1.82) is 0 Å². The first kappa shape index (κ1) is 20.0. The number of nitrogens with zero attached hydrogens (tertiary/aromatic N) is 1. The van der Waals surface area contributed by atoms with Gasteiger partial charge in [-0.25, -0.2) is 4.39 Å². The molecule has 1 fully saturated rings. The van der Waals surface area contributed by atoms with Crippen molar-refractivity contribution in [2.24, 2.45) is 5.92 Å². The summed E-state index contributed by atoms with van der Waals surface area (Å²) in [6.07, 6.45) is 0.270. The van der Waals surface area contributed by atoms with Gasteiger partial charge >= 0.3 is 0 Å². The van der Waals surface area contributed by atoms with Crippen LogP contribution >= 0.6 is 0 Å². The topological polar surface area (TPSA) is 58.6 Å². The summed E-state index contributed by atoms with van der Waals surface area (Å²) in [6, 6.07) is 14.8. The molecule has 28 heavy (non-hydrogen) atoms. The summed E-state index contributed by atoms with van der Waals surface area (Å²) < 4.78 is 19.2. The molecule has 0 aliphatic carbocycles. The highest BCUT2D eigenvalue weighted by Gasteiger charge is 2.30. The molecule has 2 amide bonds. The van der Waals surface area contributed by atoms with Crippen LogP contribution in [0.3, 0.4) is 0 Å². The van der Waals surface area contributed by atoms with E-state index in [1.54, 1.807) is 30.0 Å². The predicted octanol–water partition coefficient (Wildman–Crippen LogP) is 2.72. The van der Waals surface area contributed by atoms with Gasteiger partial charge in [-0.15, -0.1) is 0 Å². The van der Waals surface area contributed by atoms with Gasteiger partial charge in [-0.3, -0.25) is 9.59 Å². The summed E-state index contributed by atoms with van der Waals surface area (Å²) in [5.41, 5.74) is 1.21. The van der Waals surface area contributed by atoms with Gasteiger partial charge in [0.25, 0.3) is 0 Å². The van der Waals surface area contributed by atoms with Crippen molar-refractivity contribution >= 4 is 11.8 Å². The third-order valence-electron chi connectivity index (χ3n) is 4.92. The Labute approximate surface area is 164 Å². The Bertz CT molecular complexity index is 806. The molecule has 1 unspecified atom stereocenters. The van der Waals surface area contributed by atoms with Gasteiger partial charge in [-0.2, -0.15) is 0 Å². The molecule has 0 bridgehead atoms. The van der Waals surface area contributed by atoms with Crippen molar-refractivity contribution < 1.29 is 18.7 Å². The fourth-order valence-corrected chi connectivity index (χ4v) is 3.27. The van der Waals surface area contributed by atoms with Crippen molar-refractivity contribution in [3.05, 3.63) is 71.5 Å². The third kappa shape index (κ3) is 4.95. The number of hydrogen-bond donors (Lipinski definition) is 1. The zero-order valence-corrected chi connectivity index (χ0v) is 15.9. The van der Waals surface area contributed by atoms with Crippen LogP contribution in [0.2, 0.25) is 0 Å². The lowest BCUT2D eigenvalue weighted by atomic mass is 9.98. The zero-order valence-electron chi connectivity index (χ0n) is 15.9. The van der Waals surface area contributed by atoms with Crippen LogP contribution in [-0.4, -0.2) is 43.0 Å². The Hall–Kier alpha value is -2.73. The van der Waals surface area contributed by atoms with E-state index in [9.17, 15) is 14.0 Å². The van der Waals surface area contributed by atoms with Gasteiger partial charge in [-0.05, 0) is 23.6 Å². The lowest BCUT2D eigenvalue weighted by molar-refractivity contribution is -0.140. The molecular weight excluding hydrogens is 359 g/mol. The summed E-state index contributed by atoms with van der Waals surface area (Å²) in [6.45, 7) is 3.73. The minimum atomic E-state index is -0.769. The average Bonchev–Trinajstić information content (AvgIpc) is 2.74. The molecule has 5 nitrogen and oxygen atoms in total. The highest BCUT2D eigenvalue weighted by atomic mass is 19.1. The quantitative estimate of drug-likeness (QED) is 0.833. The lowest BCUT2D eigenvalue weighted by Gasteiger charge is -2.31. The first-order chi connectivity index (χ1) is 13.6. The second kappa shape index (κ2) is 9.46. The molecule has 2 atom stereocenters. The summed E-state index contributed by atoms with van der Waals surface area (Å²) in [7, 11) is 0. The summed E-state index contributed by atoms with van der Waals surface area (Å²) in [5.74, 6) is -1.23. The van der Waals surface area contributed by atoms with Crippen LogP contribution < -0.4 is 5.32 Å². The second-order valence-electron chi connectivity index (χ2n) is 6.99. The molecule has 148 valence electrons. The normalized spacial score (nSPS) is 16.3. The fourth-order valence-electron chi connectivity index (χ4n) is 3.27. The van der Waals surface area contributed by atoms with Gasteiger partial charge in [-0.1, -0.05) is 55.5 Å². The molecule has 1 heterocycles. The van der Waals surface area contributed by atoms with E-state index in [-0.39, 0.29) is 24.1 Å². The number of morpholine rings is 1. The Balaban J connectivity index is 1.74. The van der Waals surface area contributed by atoms with Gasteiger partial charge < -0.3 is 15.0 Å². The van der Waals surface area contributed by atoms with Gasteiger partial charge in [0.2, 0.25) is 11.8 Å². The van der Waals surface area contributed by atoms with E-state index >= 15 is 0 Å². The lowest BCUT2D eigenvalue weighted by Crippen LogP contribution is -2.48. The monoisotopic (exact) mass is 384 g/mol. The molecule has 2 aromatic rings. The van der Waals surface area contributed by atoms with Crippen LogP contribution in [0.1, 0.15) is 24.1 Å². The molecule has 6 heteroatoms. The van der Waals surface area contributed by atoms with Crippen molar-refractivity contribution in [2.75, 3.05) is 26.3 Å². The molecule has 1 aliphatic heterocycles. The number of carbonyl (C=O) groups is 2. The number of benzene rings is 2. The number of hydrogen-bond acceptors (Lipinski definition) is 3. The maximum absolute atomic E-state index is 13.9. The van der Waals surface area contributed by atoms with Crippen molar-refractivity contribution in [3.63, 3.8) is 0 Å². The predicted molar refractivity (Wildman–Crippen MR) is 104 cm³/mol. The Kier molecular flexibility index (Phi) is 6.76. The molecular formula is C22H25FN2O3. The first-order valence-electron chi connectivity index (χ1n) is 9.51. The molecule has 3 rings (SSSR count). The van der Waals surface area contributed by atoms with Crippen LogP contribution in [0.25, 0.3) is 0 Å². The Morgan fingerprint density at radius 3 is 2.39 bits per heavy atom. The summed E-state index contributed by atoms with van der Waals surface area (Å²) in [5, 5.41) is 2.88. The molecule has 1 aliphatic rings. The minimum Gasteiger partial charge on any atom is -0.378 e. The second-order valence-corrected chi connectivity index (χ2v) is 6.99. The van der Waals surface area contributed by atoms with Crippen LogP contribution in [0, 0.1) is 11.7 Å². The molecule has 1 saturated heterocycles. The van der Waals surface area contributed by atoms with E-state index in [1.807, 2.05) is 30.3 Å². The van der Waals surface area contributed by atoms with Gasteiger partial charge in [0.15, 0.2) is 0 Å². The van der Waals surface area contributed by atoms with Crippen molar-refractivity contribution in [1.82, 2.24) is 10.2 Å². The van der Waals surface area contributed by atoms with Crippen LogP contribution in [0.5, 0.6) is 0 Å². The number of amides is 2. The van der Waals surface area contributed by atoms with E-state index in [4.69, 9.17) is 4.74 Å². The number of carbonyl (C=O) groups excluding carboxylic acids is 2. The van der Waals surface area contributed by atoms with Crippen LogP contribution in [-0.2, 0) is 20.7 Å². The van der Waals surface area contributed by atoms with Crippen LogP contribution in [0.4, 0.5) is 4.39 Å². The molecule has 0 spiro atoms. The van der Waals surface area contributed by atoms with Gasteiger partial charge in [0.1, 0.15) is 11.9 Å². The highest BCUT2D eigenvalue weighted by molar-refractivity contribution is 5.89. The van der Waals surface area contributed by atoms with E-state index < -0.39 is 12.0 Å². The Morgan fingerprint density at radius 1 is 1.07 bits per heavy atom. The van der Waals surface area contributed by atoms with E-state index in [0.717, 1.165) is 5.56 Å². The van der Waals surface area contributed by atoms with Crippen molar-refractivity contribution in [2.45, 2.75) is 19.4 Å². The van der Waals surface area contributed by atoms with E-state index in [0.29, 0.717) is 31.9 Å². The first-order valence-corrected chi connectivity index (χ1v) is 9.51. The third-order valence-corrected chi connectivity index (χ3v) is 4.92. The minimum absolute atomic E-state index is 0.152. The average molecular weight is 384 g/mol. The summed E-state index contributed by atoms with van der Waals surface area (Å²) in [4.78, 5) is 27.6. The van der Waals surface area contributed by atoms with Crippen molar-refractivity contribution in [3.8, 4) is 0 Å².